The molecule has 0 bridgehead atoms. The number of hydrogen-bond donors (Lipinski definition) is 2. The monoisotopic (exact) mass is 239 g/mol. The molecule has 1 atom stereocenters. The zero-order valence-electron chi connectivity index (χ0n) is 10.9. The Morgan fingerprint density at radius 1 is 1.47 bits per heavy atom. The van der Waals surface area contributed by atoms with Gasteiger partial charge in [-0.2, -0.15) is 0 Å². The van der Waals surface area contributed by atoms with Crippen LogP contribution in [0.2, 0.25) is 0 Å². The van der Waals surface area contributed by atoms with Crippen molar-refractivity contribution in [1.29, 1.82) is 0 Å². The number of aliphatic hydroxyl groups is 1. The number of furan rings is 1. The molecular weight excluding hydrogens is 218 g/mol. The van der Waals surface area contributed by atoms with Crippen molar-refractivity contribution >= 4 is 5.91 Å². The molecular formula is C13H21NO3. The third-order valence-electron chi connectivity index (χ3n) is 2.74. The smallest absolute Gasteiger partial charge is 0.287 e. The molecule has 1 heterocycles. The molecule has 1 rings (SSSR count). The highest BCUT2D eigenvalue weighted by Gasteiger charge is 2.15. The molecule has 1 unspecified atom stereocenters. The highest BCUT2D eigenvalue weighted by molar-refractivity contribution is 5.92. The predicted octanol–water partition coefficient (Wildman–Crippen LogP) is 2.03. The first-order valence-corrected chi connectivity index (χ1v) is 5.95. The topological polar surface area (TPSA) is 62.5 Å². The summed E-state index contributed by atoms with van der Waals surface area (Å²) in [6.45, 7) is 8.01. The Kier molecular flexibility index (Phi) is 4.75. The average Bonchev–Trinajstić information content (AvgIpc) is 2.57. The number of aliphatic hydroxyl groups excluding tert-OH is 1. The number of nitrogens with one attached hydrogen (secondary N) is 1. The van der Waals surface area contributed by atoms with Crippen LogP contribution in [-0.4, -0.2) is 23.7 Å². The summed E-state index contributed by atoms with van der Waals surface area (Å²) in [4.78, 5) is 11.7. The van der Waals surface area contributed by atoms with Crippen LogP contribution in [0.5, 0.6) is 0 Å². The van der Waals surface area contributed by atoms with E-state index in [1.807, 2.05) is 33.8 Å². The Hall–Kier alpha value is -1.29. The number of carbonyl (C=O) groups excluding carboxylic acids is 1. The van der Waals surface area contributed by atoms with Gasteiger partial charge in [-0.1, -0.05) is 13.8 Å². The minimum absolute atomic E-state index is 0.208. The lowest BCUT2D eigenvalue weighted by Crippen LogP contribution is -2.28. The SMILES string of the molecule is Cc1cc(C)c(C(=O)NCCC(O)C(C)C)o1. The second kappa shape index (κ2) is 5.87. The normalized spacial score (nSPS) is 12.8. The van der Waals surface area contributed by atoms with Crippen molar-refractivity contribution in [3.8, 4) is 0 Å². The minimum Gasteiger partial charge on any atom is -0.456 e. The third kappa shape index (κ3) is 3.89. The summed E-state index contributed by atoms with van der Waals surface area (Å²) >= 11 is 0. The number of carbonyl (C=O) groups is 1. The zero-order chi connectivity index (χ0) is 13.0. The van der Waals surface area contributed by atoms with Crippen LogP contribution in [-0.2, 0) is 0 Å². The van der Waals surface area contributed by atoms with Gasteiger partial charge in [0.2, 0.25) is 0 Å². The zero-order valence-corrected chi connectivity index (χ0v) is 10.9. The van der Waals surface area contributed by atoms with Crippen molar-refractivity contribution in [2.45, 2.75) is 40.2 Å². The van der Waals surface area contributed by atoms with E-state index in [4.69, 9.17) is 4.42 Å². The van der Waals surface area contributed by atoms with E-state index in [1.165, 1.54) is 0 Å². The molecule has 0 aromatic carbocycles. The summed E-state index contributed by atoms with van der Waals surface area (Å²) in [5, 5.41) is 12.3. The summed E-state index contributed by atoms with van der Waals surface area (Å²) in [7, 11) is 0. The van der Waals surface area contributed by atoms with Crippen LogP contribution in [0.15, 0.2) is 10.5 Å². The van der Waals surface area contributed by atoms with E-state index >= 15 is 0 Å². The van der Waals surface area contributed by atoms with Gasteiger partial charge in [0.1, 0.15) is 5.76 Å². The number of aryl methyl sites for hydroxylation is 2. The second-order valence-electron chi connectivity index (χ2n) is 4.73. The highest BCUT2D eigenvalue weighted by atomic mass is 16.3. The van der Waals surface area contributed by atoms with Gasteiger partial charge >= 0.3 is 0 Å². The summed E-state index contributed by atoms with van der Waals surface area (Å²) in [5.74, 6) is 1.09. The van der Waals surface area contributed by atoms with E-state index in [1.54, 1.807) is 0 Å². The van der Waals surface area contributed by atoms with Gasteiger partial charge < -0.3 is 14.8 Å². The molecule has 0 saturated carbocycles. The van der Waals surface area contributed by atoms with E-state index < -0.39 is 0 Å². The van der Waals surface area contributed by atoms with E-state index in [-0.39, 0.29) is 17.9 Å². The van der Waals surface area contributed by atoms with Crippen molar-refractivity contribution in [3.05, 3.63) is 23.2 Å². The molecule has 1 aromatic rings. The molecule has 1 aromatic heterocycles. The lowest BCUT2D eigenvalue weighted by molar-refractivity contribution is 0.0892. The van der Waals surface area contributed by atoms with Crippen molar-refractivity contribution < 1.29 is 14.3 Å². The van der Waals surface area contributed by atoms with Gasteiger partial charge in [0.15, 0.2) is 5.76 Å². The molecule has 0 aliphatic rings. The van der Waals surface area contributed by atoms with Crippen molar-refractivity contribution in [2.75, 3.05) is 6.54 Å². The van der Waals surface area contributed by atoms with Crippen molar-refractivity contribution in [1.82, 2.24) is 5.32 Å². The largest absolute Gasteiger partial charge is 0.456 e. The fourth-order valence-corrected chi connectivity index (χ4v) is 1.61. The van der Waals surface area contributed by atoms with Gasteiger partial charge in [0, 0.05) is 12.1 Å². The molecule has 17 heavy (non-hydrogen) atoms. The number of amides is 1. The second-order valence-corrected chi connectivity index (χ2v) is 4.73. The van der Waals surface area contributed by atoms with E-state index in [2.05, 4.69) is 5.32 Å². The van der Waals surface area contributed by atoms with Crippen LogP contribution >= 0.6 is 0 Å². The first-order valence-electron chi connectivity index (χ1n) is 5.95. The molecule has 0 radical (unpaired) electrons. The standard InChI is InChI=1S/C13H21NO3/c1-8(2)11(15)5-6-14-13(16)12-9(3)7-10(4)17-12/h7-8,11,15H,5-6H2,1-4H3,(H,14,16). The summed E-state index contributed by atoms with van der Waals surface area (Å²) < 4.78 is 5.31. The fourth-order valence-electron chi connectivity index (χ4n) is 1.61. The molecule has 2 N–H and O–H groups in total. The summed E-state index contributed by atoms with van der Waals surface area (Å²) in [6, 6.07) is 1.83. The molecule has 0 saturated heterocycles. The average molecular weight is 239 g/mol. The van der Waals surface area contributed by atoms with E-state index in [9.17, 15) is 9.90 Å². The van der Waals surface area contributed by atoms with Gasteiger partial charge in [0.05, 0.1) is 6.10 Å². The highest BCUT2D eigenvalue weighted by Crippen LogP contribution is 2.13. The molecule has 4 nitrogen and oxygen atoms in total. The van der Waals surface area contributed by atoms with Crippen LogP contribution in [0.3, 0.4) is 0 Å². The van der Waals surface area contributed by atoms with Crippen LogP contribution < -0.4 is 5.32 Å². The number of rotatable bonds is 5. The Morgan fingerprint density at radius 3 is 2.59 bits per heavy atom. The van der Waals surface area contributed by atoms with Crippen LogP contribution in [0.25, 0.3) is 0 Å². The molecule has 0 spiro atoms. The van der Waals surface area contributed by atoms with Crippen molar-refractivity contribution in [3.63, 3.8) is 0 Å². The molecule has 0 aliphatic carbocycles. The van der Waals surface area contributed by atoms with Crippen LogP contribution in [0.1, 0.15) is 42.1 Å². The lowest BCUT2D eigenvalue weighted by atomic mass is 10.0. The quantitative estimate of drug-likeness (QED) is 0.826. The predicted molar refractivity (Wildman–Crippen MR) is 66.0 cm³/mol. The Bertz CT molecular complexity index is 382. The van der Waals surface area contributed by atoms with Crippen LogP contribution in [0, 0.1) is 19.8 Å². The van der Waals surface area contributed by atoms with Gasteiger partial charge in [-0.25, -0.2) is 0 Å². The first-order chi connectivity index (χ1) is 7.91. The minimum atomic E-state index is -0.380. The lowest BCUT2D eigenvalue weighted by Gasteiger charge is -2.14. The fraction of sp³-hybridized carbons (Fsp3) is 0.615. The van der Waals surface area contributed by atoms with E-state index in [0.717, 1.165) is 11.3 Å². The maximum atomic E-state index is 11.7. The molecule has 4 heteroatoms. The number of hydrogen-bond acceptors (Lipinski definition) is 3. The first kappa shape index (κ1) is 13.8. The van der Waals surface area contributed by atoms with Crippen LogP contribution in [0.4, 0.5) is 0 Å². The Morgan fingerprint density at radius 2 is 2.12 bits per heavy atom. The summed E-state index contributed by atoms with van der Waals surface area (Å²) in [6.07, 6.45) is 0.178. The maximum absolute atomic E-state index is 11.7. The summed E-state index contributed by atoms with van der Waals surface area (Å²) in [5.41, 5.74) is 0.837. The molecule has 0 fully saturated rings. The van der Waals surface area contributed by atoms with Gasteiger partial charge in [-0.05, 0) is 32.3 Å². The molecule has 96 valence electrons. The van der Waals surface area contributed by atoms with E-state index in [0.29, 0.717) is 18.7 Å². The van der Waals surface area contributed by atoms with Crippen molar-refractivity contribution in [2.24, 2.45) is 5.92 Å². The molecule has 1 amide bonds. The van der Waals surface area contributed by atoms with Gasteiger partial charge in [0.25, 0.3) is 5.91 Å². The third-order valence-corrected chi connectivity index (χ3v) is 2.74. The Balaban J connectivity index is 2.43. The Labute approximate surface area is 102 Å². The van der Waals surface area contributed by atoms with Gasteiger partial charge in [-0.15, -0.1) is 0 Å². The van der Waals surface area contributed by atoms with Gasteiger partial charge in [-0.3, -0.25) is 4.79 Å². The maximum Gasteiger partial charge on any atom is 0.287 e. The molecule has 0 aliphatic heterocycles.